The van der Waals surface area contributed by atoms with Crippen LogP contribution < -0.4 is 5.32 Å². The first kappa shape index (κ1) is 19.4. The number of rotatable bonds is 5. The maximum atomic E-state index is 13.4. The third kappa shape index (κ3) is 3.93. The fourth-order valence-corrected chi connectivity index (χ4v) is 6.72. The number of carbonyl (C=O) groups is 1. The molecule has 1 saturated carbocycles. The van der Waals surface area contributed by atoms with Crippen LogP contribution in [0.5, 0.6) is 0 Å². The number of hydrogen-bond acceptors (Lipinski definition) is 4. The van der Waals surface area contributed by atoms with Crippen LogP contribution in [0.2, 0.25) is 0 Å². The number of nitrogens with one attached hydrogen (secondary N) is 1. The molecule has 1 N–H and O–H groups in total. The van der Waals surface area contributed by atoms with Crippen LogP contribution in [0, 0.1) is 17.7 Å². The van der Waals surface area contributed by atoms with Gasteiger partial charge in [0.1, 0.15) is 5.82 Å². The Morgan fingerprint density at radius 2 is 2.00 bits per heavy atom. The topological polar surface area (TPSA) is 45.2 Å². The fraction of sp³-hybridized carbons (Fsp3) is 0.652. The van der Waals surface area contributed by atoms with Crippen LogP contribution >= 0.6 is 11.5 Å². The van der Waals surface area contributed by atoms with E-state index in [9.17, 15) is 9.18 Å². The lowest BCUT2D eigenvalue weighted by molar-refractivity contribution is -0.123. The second kappa shape index (κ2) is 8.31. The zero-order valence-corrected chi connectivity index (χ0v) is 17.7. The molecular formula is C23H30FN3OS. The number of nitrogens with zero attached hydrogens (tertiary/aromatic N) is 2. The third-order valence-corrected chi connectivity index (χ3v) is 8.25. The fourth-order valence-electron chi connectivity index (χ4n) is 5.84. The summed E-state index contributed by atoms with van der Waals surface area (Å²) in [6.45, 7) is 3.28. The molecule has 2 aromatic rings. The average Bonchev–Trinajstić information content (AvgIpc) is 3.29. The van der Waals surface area contributed by atoms with Crippen LogP contribution in [0.3, 0.4) is 0 Å². The van der Waals surface area contributed by atoms with Gasteiger partial charge in [0.15, 0.2) is 0 Å². The van der Waals surface area contributed by atoms with Gasteiger partial charge in [0.05, 0.1) is 10.4 Å². The van der Waals surface area contributed by atoms with Crippen molar-refractivity contribution in [2.24, 2.45) is 11.8 Å². The Morgan fingerprint density at radius 1 is 1.17 bits per heavy atom. The quantitative estimate of drug-likeness (QED) is 0.770. The van der Waals surface area contributed by atoms with Gasteiger partial charge < -0.3 is 10.2 Å². The van der Waals surface area contributed by atoms with Crippen molar-refractivity contribution in [1.82, 2.24) is 14.6 Å². The number of halogens is 1. The van der Waals surface area contributed by atoms with Crippen molar-refractivity contribution in [2.45, 2.75) is 63.3 Å². The van der Waals surface area contributed by atoms with Crippen molar-refractivity contribution in [1.29, 1.82) is 0 Å². The van der Waals surface area contributed by atoms with E-state index in [1.165, 1.54) is 37.2 Å². The van der Waals surface area contributed by atoms with E-state index < -0.39 is 0 Å². The minimum Gasteiger partial charge on any atom is -0.353 e. The van der Waals surface area contributed by atoms with Gasteiger partial charge in [0.2, 0.25) is 5.91 Å². The second-order valence-electron chi connectivity index (χ2n) is 9.14. The molecule has 156 valence electrons. The SMILES string of the molecule is O=C1N[C@H]2CCCC[C@@H]2C1CCCN1CCC(c2nsc3cc(F)ccc23)CC1. The van der Waals surface area contributed by atoms with Gasteiger partial charge >= 0.3 is 0 Å². The molecule has 3 atom stereocenters. The molecule has 1 aromatic heterocycles. The summed E-state index contributed by atoms with van der Waals surface area (Å²) in [5.74, 6) is 1.45. The van der Waals surface area contributed by atoms with Gasteiger partial charge in [0.25, 0.3) is 0 Å². The van der Waals surface area contributed by atoms with Crippen molar-refractivity contribution in [3.05, 3.63) is 29.7 Å². The molecule has 3 fully saturated rings. The molecule has 1 amide bonds. The summed E-state index contributed by atoms with van der Waals surface area (Å²) in [5, 5.41) is 4.38. The molecular weight excluding hydrogens is 385 g/mol. The van der Waals surface area contributed by atoms with E-state index in [1.807, 2.05) is 6.07 Å². The molecule has 1 aromatic carbocycles. The Morgan fingerprint density at radius 3 is 2.86 bits per heavy atom. The van der Waals surface area contributed by atoms with Crippen molar-refractivity contribution in [2.75, 3.05) is 19.6 Å². The number of amides is 1. The van der Waals surface area contributed by atoms with E-state index in [4.69, 9.17) is 0 Å². The molecule has 0 spiro atoms. The maximum Gasteiger partial charge on any atom is 0.223 e. The summed E-state index contributed by atoms with van der Waals surface area (Å²) in [6.07, 6.45) is 9.35. The third-order valence-electron chi connectivity index (χ3n) is 7.43. The Hall–Kier alpha value is -1.53. The number of fused-ring (bicyclic) bond motifs is 2. The van der Waals surface area contributed by atoms with Crippen molar-refractivity contribution in [3.8, 4) is 0 Å². The number of hydrogen-bond donors (Lipinski definition) is 1. The van der Waals surface area contributed by atoms with Crippen LogP contribution in [0.1, 0.15) is 63.0 Å². The molecule has 29 heavy (non-hydrogen) atoms. The first-order valence-electron chi connectivity index (χ1n) is 11.3. The summed E-state index contributed by atoms with van der Waals surface area (Å²) in [6, 6.07) is 5.49. The predicted octanol–water partition coefficient (Wildman–Crippen LogP) is 4.70. The zero-order chi connectivity index (χ0) is 19.8. The first-order chi connectivity index (χ1) is 14.2. The van der Waals surface area contributed by atoms with Crippen molar-refractivity contribution < 1.29 is 9.18 Å². The highest BCUT2D eigenvalue weighted by atomic mass is 32.1. The molecule has 2 aliphatic heterocycles. The van der Waals surface area contributed by atoms with E-state index in [1.54, 1.807) is 12.1 Å². The lowest BCUT2D eigenvalue weighted by Crippen LogP contribution is -2.34. The normalized spacial score (nSPS) is 28.6. The maximum absolute atomic E-state index is 13.4. The first-order valence-corrected chi connectivity index (χ1v) is 12.0. The second-order valence-corrected chi connectivity index (χ2v) is 9.94. The molecule has 4 nitrogen and oxygen atoms in total. The number of carbonyl (C=O) groups excluding carboxylic acids is 1. The minimum absolute atomic E-state index is 0.182. The number of piperidine rings is 1. The van der Waals surface area contributed by atoms with Crippen LogP contribution in [0.25, 0.3) is 10.1 Å². The summed E-state index contributed by atoms with van der Waals surface area (Å²) in [7, 11) is 0. The monoisotopic (exact) mass is 415 g/mol. The van der Waals surface area contributed by atoms with Crippen LogP contribution in [0.15, 0.2) is 18.2 Å². The molecule has 1 unspecified atom stereocenters. The molecule has 3 heterocycles. The molecule has 5 rings (SSSR count). The molecule has 1 aliphatic carbocycles. The van der Waals surface area contributed by atoms with Gasteiger partial charge in [-0.1, -0.05) is 12.8 Å². The highest BCUT2D eigenvalue weighted by molar-refractivity contribution is 7.13. The summed E-state index contributed by atoms with van der Waals surface area (Å²) >= 11 is 1.42. The van der Waals surface area contributed by atoms with Gasteiger partial charge in [-0.2, -0.15) is 4.37 Å². The lowest BCUT2D eigenvalue weighted by atomic mass is 9.78. The summed E-state index contributed by atoms with van der Waals surface area (Å²) in [4.78, 5) is 14.9. The largest absolute Gasteiger partial charge is 0.353 e. The average molecular weight is 416 g/mol. The molecule has 0 bridgehead atoms. The van der Waals surface area contributed by atoms with Crippen molar-refractivity contribution in [3.63, 3.8) is 0 Å². The molecule has 6 heteroatoms. The van der Waals surface area contributed by atoms with Crippen LogP contribution in [-0.2, 0) is 4.79 Å². The highest BCUT2D eigenvalue weighted by Gasteiger charge is 2.42. The molecule has 0 radical (unpaired) electrons. The van der Waals surface area contributed by atoms with E-state index in [0.717, 1.165) is 61.1 Å². The lowest BCUT2D eigenvalue weighted by Gasteiger charge is -2.32. The smallest absolute Gasteiger partial charge is 0.223 e. The van der Waals surface area contributed by atoms with Gasteiger partial charge in [0, 0.05) is 23.3 Å². The summed E-state index contributed by atoms with van der Waals surface area (Å²) in [5.41, 5.74) is 1.16. The zero-order valence-electron chi connectivity index (χ0n) is 16.9. The number of likely N-dealkylation sites (tertiary alicyclic amines) is 1. The Bertz CT molecular complexity index is 876. The minimum atomic E-state index is -0.182. The van der Waals surface area contributed by atoms with Gasteiger partial charge in [-0.15, -0.1) is 0 Å². The molecule has 2 saturated heterocycles. The van der Waals surface area contributed by atoms with E-state index in [0.29, 0.717) is 23.8 Å². The standard InChI is InChI=1S/C23H30FN3OS/c24-16-7-8-19-21(14-16)29-26-22(19)15-9-12-27(13-10-15)11-3-5-18-17-4-1-2-6-20(17)25-23(18)28/h7-8,14-15,17-18,20H,1-6,9-13H2,(H,25,28)/t17-,18?,20+/m1/s1. The van der Waals surface area contributed by atoms with Gasteiger partial charge in [-0.05, 0) is 93.8 Å². The van der Waals surface area contributed by atoms with E-state index in [-0.39, 0.29) is 11.7 Å². The van der Waals surface area contributed by atoms with Crippen LogP contribution in [0.4, 0.5) is 4.39 Å². The van der Waals surface area contributed by atoms with E-state index in [2.05, 4.69) is 14.6 Å². The van der Waals surface area contributed by atoms with Crippen LogP contribution in [-0.4, -0.2) is 40.9 Å². The van der Waals surface area contributed by atoms with Gasteiger partial charge in [-0.3, -0.25) is 4.79 Å². The highest BCUT2D eigenvalue weighted by Crippen LogP contribution is 2.38. The number of aromatic nitrogens is 1. The Balaban J connectivity index is 1.11. The predicted molar refractivity (Wildman–Crippen MR) is 115 cm³/mol. The van der Waals surface area contributed by atoms with E-state index >= 15 is 0 Å². The summed E-state index contributed by atoms with van der Waals surface area (Å²) < 4.78 is 19.0. The Labute approximate surface area is 176 Å². The Kier molecular flexibility index (Phi) is 5.57. The molecule has 3 aliphatic rings. The van der Waals surface area contributed by atoms with Gasteiger partial charge in [-0.25, -0.2) is 4.39 Å². The number of benzene rings is 1. The van der Waals surface area contributed by atoms with Crippen molar-refractivity contribution >= 4 is 27.5 Å².